The number of para-hydroxylation sites is 1. The van der Waals surface area contributed by atoms with Crippen molar-refractivity contribution in [3.8, 4) is 23.0 Å². The molecule has 9 heteroatoms. The van der Waals surface area contributed by atoms with Crippen LogP contribution in [-0.4, -0.2) is 33.5 Å². The summed E-state index contributed by atoms with van der Waals surface area (Å²) < 4.78 is 29.4. The lowest BCUT2D eigenvalue weighted by Crippen LogP contribution is -2.18. The molecule has 0 spiro atoms. The monoisotopic (exact) mass is 482 g/mol. The Morgan fingerprint density at radius 3 is 2.52 bits per heavy atom. The number of anilines is 1. The van der Waals surface area contributed by atoms with Gasteiger partial charge in [0.1, 0.15) is 30.3 Å². The summed E-state index contributed by atoms with van der Waals surface area (Å²) in [4.78, 5) is 13.2. The molecule has 31 heavy (non-hydrogen) atoms. The maximum absolute atomic E-state index is 14.5. The molecule has 3 heterocycles. The van der Waals surface area contributed by atoms with Gasteiger partial charge in [0, 0.05) is 29.0 Å². The Morgan fingerprint density at radius 1 is 1.06 bits per heavy atom. The molecule has 0 bridgehead atoms. The van der Waals surface area contributed by atoms with E-state index in [1.165, 1.54) is 16.9 Å². The van der Waals surface area contributed by atoms with E-state index in [0.717, 1.165) is 0 Å². The first kappa shape index (κ1) is 19.4. The van der Waals surface area contributed by atoms with Crippen molar-refractivity contribution in [3.05, 3.63) is 83.0 Å². The molecule has 0 aliphatic carbocycles. The van der Waals surface area contributed by atoms with E-state index in [0.29, 0.717) is 40.7 Å². The molecular formula is C22H16BrFN4O3. The first-order valence-electron chi connectivity index (χ1n) is 9.48. The highest BCUT2D eigenvalue weighted by Gasteiger charge is 2.23. The van der Waals surface area contributed by atoms with Gasteiger partial charge in [-0.1, -0.05) is 12.1 Å². The van der Waals surface area contributed by atoms with Crippen molar-refractivity contribution in [1.29, 1.82) is 0 Å². The molecule has 0 unspecified atom stereocenters. The number of hydrogen-bond donors (Lipinski definition) is 1. The largest absolute Gasteiger partial charge is 0.486 e. The molecule has 1 amide bonds. The topological polar surface area (TPSA) is 70.3 Å². The van der Waals surface area contributed by atoms with Gasteiger partial charge in [0.25, 0.3) is 5.91 Å². The van der Waals surface area contributed by atoms with Crippen LogP contribution in [0.3, 0.4) is 0 Å². The van der Waals surface area contributed by atoms with Gasteiger partial charge in [-0.25, -0.2) is 9.07 Å². The second-order valence-electron chi connectivity index (χ2n) is 6.77. The van der Waals surface area contributed by atoms with Gasteiger partial charge in [0.2, 0.25) is 0 Å². The van der Waals surface area contributed by atoms with E-state index in [9.17, 15) is 9.18 Å². The third-order valence-corrected chi connectivity index (χ3v) is 5.45. The minimum Gasteiger partial charge on any atom is -0.486 e. The van der Waals surface area contributed by atoms with E-state index in [1.54, 1.807) is 47.3 Å². The molecule has 156 valence electrons. The first-order valence-corrected chi connectivity index (χ1v) is 10.3. The van der Waals surface area contributed by atoms with Gasteiger partial charge >= 0.3 is 0 Å². The summed E-state index contributed by atoms with van der Waals surface area (Å²) in [6, 6.07) is 13.4. The lowest BCUT2D eigenvalue weighted by molar-refractivity contribution is 0.102. The van der Waals surface area contributed by atoms with Crippen LogP contribution in [0, 0.1) is 5.82 Å². The smallest absolute Gasteiger partial charge is 0.261 e. The van der Waals surface area contributed by atoms with Gasteiger partial charge in [-0.15, -0.1) is 0 Å². The molecule has 2 aromatic heterocycles. The van der Waals surface area contributed by atoms with E-state index in [2.05, 4.69) is 26.3 Å². The summed E-state index contributed by atoms with van der Waals surface area (Å²) in [6.45, 7) is 0.913. The number of amides is 1. The maximum atomic E-state index is 14.5. The summed E-state index contributed by atoms with van der Waals surface area (Å²) >= 11 is 3.46. The zero-order chi connectivity index (χ0) is 21.4. The van der Waals surface area contributed by atoms with Crippen molar-refractivity contribution in [2.45, 2.75) is 0 Å². The molecule has 1 aliphatic heterocycles. The first-order chi connectivity index (χ1) is 15.1. The van der Waals surface area contributed by atoms with Gasteiger partial charge in [0.05, 0.1) is 11.9 Å². The Bertz CT molecular complexity index is 1270. The van der Waals surface area contributed by atoms with E-state index >= 15 is 0 Å². The molecule has 0 atom stereocenters. The Balaban J connectivity index is 1.55. The molecule has 2 aromatic carbocycles. The molecule has 0 fully saturated rings. The van der Waals surface area contributed by atoms with E-state index in [-0.39, 0.29) is 11.3 Å². The summed E-state index contributed by atoms with van der Waals surface area (Å²) in [5.41, 5.74) is 1.04. The van der Waals surface area contributed by atoms with Gasteiger partial charge in [-0.05, 0) is 40.2 Å². The second kappa shape index (κ2) is 7.92. The lowest BCUT2D eigenvalue weighted by atomic mass is 10.2. The fourth-order valence-electron chi connectivity index (χ4n) is 3.38. The average molecular weight is 483 g/mol. The molecule has 1 aliphatic rings. The number of nitrogens with zero attached hydrogens (tertiary/aromatic N) is 3. The number of carbonyl (C=O) groups is 1. The Labute approximate surface area is 185 Å². The molecule has 0 radical (unpaired) electrons. The van der Waals surface area contributed by atoms with Gasteiger partial charge in [-0.3, -0.25) is 4.79 Å². The van der Waals surface area contributed by atoms with Crippen LogP contribution in [0.5, 0.6) is 11.5 Å². The number of benzene rings is 2. The standard InChI is InChI=1S/C22H16BrFN4O3/c23-15-11-19-20(31-10-9-30-19)12-17(15)26-21(29)14-13-25-28(18-6-2-1-5-16(18)24)22(14)27-7-3-4-8-27/h1-8,11-13H,9-10H2,(H,26,29). The van der Waals surface area contributed by atoms with Crippen molar-refractivity contribution >= 4 is 27.5 Å². The van der Waals surface area contributed by atoms with E-state index < -0.39 is 11.7 Å². The number of halogens is 2. The molecule has 0 saturated heterocycles. The third-order valence-electron chi connectivity index (χ3n) is 4.80. The normalized spacial score (nSPS) is 12.6. The molecule has 0 saturated carbocycles. The molecular weight excluding hydrogens is 467 g/mol. The second-order valence-corrected chi connectivity index (χ2v) is 7.62. The Hall–Kier alpha value is -3.59. The highest BCUT2D eigenvalue weighted by molar-refractivity contribution is 9.10. The van der Waals surface area contributed by atoms with Crippen molar-refractivity contribution in [2.24, 2.45) is 0 Å². The highest BCUT2D eigenvalue weighted by atomic mass is 79.9. The predicted octanol–water partition coefficient (Wildman–Crippen LogP) is 4.59. The molecule has 4 aromatic rings. The molecule has 5 rings (SSSR count). The third kappa shape index (κ3) is 3.57. The number of fused-ring (bicyclic) bond motifs is 1. The van der Waals surface area contributed by atoms with Crippen molar-refractivity contribution < 1.29 is 18.7 Å². The molecule has 1 N–H and O–H groups in total. The number of aromatic nitrogens is 3. The SMILES string of the molecule is O=C(Nc1cc2c(cc1Br)OCCO2)c1cnn(-c2ccccc2F)c1-n1cccc1. The van der Waals surface area contributed by atoms with Crippen molar-refractivity contribution in [2.75, 3.05) is 18.5 Å². The number of rotatable bonds is 4. The Kier molecular flexibility index (Phi) is 4.95. The summed E-state index contributed by atoms with van der Waals surface area (Å²) in [5, 5.41) is 7.17. The van der Waals surface area contributed by atoms with Crippen LogP contribution in [0.15, 0.2) is 71.6 Å². The minimum absolute atomic E-state index is 0.241. The van der Waals surface area contributed by atoms with Crippen LogP contribution in [0.1, 0.15) is 10.4 Å². The zero-order valence-corrected chi connectivity index (χ0v) is 17.7. The quantitative estimate of drug-likeness (QED) is 0.461. The fraction of sp³-hybridized carbons (Fsp3) is 0.0909. The lowest BCUT2D eigenvalue weighted by Gasteiger charge is -2.20. The minimum atomic E-state index is -0.444. The Morgan fingerprint density at radius 2 is 1.77 bits per heavy atom. The van der Waals surface area contributed by atoms with Gasteiger partial charge in [-0.2, -0.15) is 5.10 Å². The summed E-state index contributed by atoms with van der Waals surface area (Å²) in [6.07, 6.45) is 4.96. The van der Waals surface area contributed by atoms with Gasteiger partial charge < -0.3 is 19.4 Å². The summed E-state index contributed by atoms with van der Waals surface area (Å²) in [5.74, 6) is 0.736. The highest BCUT2D eigenvalue weighted by Crippen LogP contribution is 2.38. The fourth-order valence-corrected chi connectivity index (χ4v) is 3.80. The number of hydrogen-bond acceptors (Lipinski definition) is 4. The van der Waals surface area contributed by atoms with Crippen molar-refractivity contribution in [1.82, 2.24) is 14.3 Å². The zero-order valence-electron chi connectivity index (χ0n) is 16.1. The predicted molar refractivity (Wildman–Crippen MR) is 116 cm³/mol. The van der Waals surface area contributed by atoms with Crippen LogP contribution in [0.2, 0.25) is 0 Å². The van der Waals surface area contributed by atoms with Crippen LogP contribution < -0.4 is 14.8 Å². The van der Waals surface area contributed by atoms with Crippen LogP contribution in [0.25, 0.3) is 11.5 Å². The van der Waals surface area contributed by atoms with Crippen molar-refractivity contribution in [3.63, 3.8) is 0 Å². The van der Waals surface area contributed by atoms with Crippen LogP contribution >= 0.6 is 15.9 Å². The summed E-state index contributed by atoms with van der Waals surface area (Å²) in [7, 11) is 0. The number of carbonyl (C=O) groups excluding carboxylic acids is 1. The van der Waals surface area contributed by atoms with E-state index in [1.807, 2.05) is 12.1 Å². The average Bonchev–Trinajstić information content (AvgIpc) is 3.44. The van der Waals surface area contributed by atoms with Gasteiger partial charge in [0.15, 0.2) is 17.3 Å². The number of ether oxygens (including phenoxy) is 2. The van der Waals surface area contributed by atoms with E-state index in [4.69, 9.17) is 9.47 Å². The molecule has 7 nitrogen and oxygen atoms in total. The maximum Gasteiger partial charge on any atom is 0.261 e. The number of nitrogens with one attached hydrogen (secondary N) is 1. The van der Waals surface area contributed by atoms with Crippen LogP contribution in [0.4, 0.5) is 10.1 Å². The van der Waals surface area contributed by atoms with Crippen LogP contribution in [-0.2, 0) is 0 Å².